The highest BCUT2D eigenvalue weighted by Crippen LogP contribution is 2.41. The highest BCUT2D eigenvalue weighted by Gasteiger charge is 2.49. The van der Waals surface area contributed by atoms with Gasteiger partial charge in [0, 0.05) is 17.6 Å². The van der Waals surface area contributed by atoms with Gasteiger partial charge >= 0.3 is 12.3 Å². The molecule has 1 amide bonds. The van der Waals surface area contributed by atoms with Gasteiger partial charge in [-0.1, -0.05) is 36.4 Å². The summed E-state index contributed by atoms with van der Waals surface area (Å²) in [5.74, 6) is -5.60. The molecule has 0 saturated carbocycles. The van der Waals surface area contributed by atoms with Crippen LogP contribution in [0.2, 0.25) is 0 Å². The van der Waals surface area contributed by atoms with Crippen LogP contribution in [-0.4, -0.2) is 29.2 Å². The van der Waals surface area contributed by atoms with E-state index >= 15 is 4.39 Å². The number of allylic oxidation sites excluding steroid dienone is 2. The Morgan fingerprint density at radius 1 is 1.07 bits per heavy atom. The lowest BCUT2D eigenvalue weighted by atomic mass is 9.92. The van der Waals surface area contributed by atoms with E-state index in [1.165, 1.54) is 6.08 Å². The van der Waals surface area contributed by atoms with E-state index in [1.54, 1.807) is 30.3 Å². The van der Waals surface area contributed by atoms with Crippen molar-refractivity contribution in [2.24, 2.45) is 0 Å². The fourth-order valence-electron chi connectivity index (χ4n) is 3.40. The van der Waals surface area contributed by atoms with Gasteiger partial charge < -0.3 is 10.4 Å². The Bertz CT molecular complexity index is 918. The minimum Gasteiger partial charge on any atom is -0.478 e. The number of benzene rings is 1. The topological polar surface area (TPSA) is 75.6 Å². The molecule has 0 fully saturated rings. The molecule has 2 N–H and O–H groups in total. The third-order valence-corrected chi connectivity index (χ3v) is 4.69. The SMILES string of the molecule is O=C(O)C1=C(C(=O)NC2=CC=C(c3ccccc3)CC2(F)OC(F)(F)F)CCC1. The minimum absolute atomic E-state index is 0.0782. The van der Waals surface area contributed by atoms with Crippen molar-refractivity contribution < 1.29 is 37.0 Å². The van der Waals surface area contributed by atoms with Gasteiger partial charge in [0.15, 0.2) is 0 Å². The maximum atomic E-state index is 15.4. The smallest absolute Gasteiger partial charge is 0.478 e. The van der Waals surface area contributed by atoms with E-state index < -0.39 is 36.2 Å². The zero-order valence-electron chi connectivity index (χ0n) is 15.1. The molecule has 0 radical (unpaired) electrons. The van der Waals surface area contributed by atoms with Crippen molar-refractivity contribution in [3.05, 3.63) is 64.9 Å². The third-order valence-electron chi connectivity index (χ3n) is 4.69. The molecular weight excluding hydrogens is 394 g/mol. The highest BCUT2D eigenvalue weighted by molar-refractivity contribution is 6.03. The van der Waals surface area contributed by atoms with Gasteiger partial charge in [-0.25, -0.2) is 13.9 Å². The molecule has 0 aliphatic heterocycles. The second-order valence-electron chi connectivity index (χ2n) is 6.66. The molecule has 0 saturated heterocycles. The molecule has 2 aliphatic rings. The average molecular weight is 411 g/mol. The molecule has 0 spiro atoms. The second-order valence-corrected chi connectivity index (χ2v) is 6.66. The molecule has 154 valence electrons. The monoisotopic (exact) mass is 411 g/mol. The summed E-state index contributed by atoms with van der Waals surface area (Å²) in [4.78, 5) is 23.6. The fourth-order valence-corrected chi connectivity index (χ4v) is 3.40. The lowest BCUT2D eigenvalue weighted by Gasteiger charge is -2.32. The summed E-state index contributed by atoms with van der Waals surface area (Å²) in [5.41, 5.74) is -0.176. The summed E-state index contributed by atoms with van der Waals surface area (Å²) in [7, 11) is 0. The number of nitrogens with one attached hydrogen (secondary N) is 1. The van der Waals surface area contributed by atoms with Gasteiger partial charge in [-0.2, -0.15) is 0 Å². The van der Waals surface area contributed by atoms with Crippen molar-refractivity contribution in [3.63, 3.8) is 0 Å². The molecule has 1 atom stereocenters. The highest BCUT2D eigenvalue weighted by atomic mass is 19.4. The first-order valence-corrected chi connectivity index (χ1v) is 8.78. The Hall–Kier alpha value is -2.94. The number of halogens is 4. The van der Waals surface area contributed by atoms with E-state index in [2.05, 4.69) is 10.1 Å². The van der Waals surface area contributed by atoms with Crippen LogP contribution in [0.4, 0.5) is 17.6 Å². The molecule has 1 aromatic carbocycles. The van der Waals surface area contributed by atoms with Crippen LogP contribution in [0, 0.1) is 0 Å². The first-order chi connectivity index (χ1) is 13.6. The van der Waals surface area contributed by atoms with Gasteiger partial charge in [0.25, 0.3) is 11.8 Å². The van der Waals surface area contributed by atoms with Gasteiger partial charge in [0.2, 0.25) is 0 Å². The molecule has 0 aromatic heterocycles. The maximum absolute atomic E-state index is 15.4. The number of carbonyl (C=O) groups is 2. The average Bonchev–Trinajstić information content (AvgIpc) is 3.13. The molecule has 0 heterocycles. The van der Waals surface area contributed by atoms with Crippen LogP contribution in [0.5, 0.6) is 0 Å². The Morgan fingerprint density at radius 2 is 1.72 bits per heavy atom. The normalized spacial score (nSPS) is 22.2. The summed E-state index contributed by atoms with van der Waals surface area (Å²) in [6.07, 6.45) is -2.96. The van der Waals surface area contributed by atoms with E-state index in [9.17, 15) is 22.8 Å². The van der Waals surface area contributed by atoms with Crippen LogP contribution in [0.25, 0.3) is 5.57 Å². The molecule has 0 bridgehead atoms. The number of hydrogen-bond acceptors (Lipinski definition) is 3. The molecule has 1 aromatic rings. The maximum Gasteiger partial charge on any atom is 0.525 e. The largest absolute Gasteiger partial charge is 0.525 e. The minimum atomic E-state index is -5.30. The van der Waals surface area contributed by atoms with Crippen LogP contribution in [0.3, 0.4) is 0 Å². The molecule has 1 unspecified atom stereocenters. The first kappa shape index (κ1) is 20.8. The van der Waals surface area contributed by atoms with Gasteiger partial charge in [-0.3, -0.25) is 4.79 Å². The zero-order valence-corrected chi connectivity index (χ0v) is 15.1. The summed E-state index contributed by atoms with van der Waals surface area (Å²) >= 11 is 0. The third kappa shape index (κ3) is 4.73. The zero-order chi connectivity index (χ0) is 21.2. The molecule has 2 aliphatic carbocycles. The molecule has 3 rings (SSSR count). The Morgan fingerprint density at radius 3 is 2.34 bits per heavy atom. The number of carbonyl (C=O) groups excluding carboxylic acids is 1. The number of carboxylic acids is 1. The second kappa shape index (κ2) is 7.82. The van der Waals surface area contributed by atoms with Crippen LogP contribution in [-0.2, 0) is 14.3 Å². The predicted octanol–water partition coefficient (Wildman–Crippen LogP) is 4.24. The quantitative estimate of drug-likeness (QED) is 0.711. The van der Waals surface area contributed by atoms with Crippen molar-refractivity contribution >= 4 is 17.4 Å². The number of carboxylic acid groups (broad SMARTS) is 1. The van der Waals surface area contributed by atoms with E-state index in [0.717, 1.165) is 6.08 Å². The molecular formula is C20H17F4NO4. The Balaban J connectivity index is 1.94. The Kier molecular flexibility index (Phi) is 5.61. The number of ether oxygens (including phenoxy) is 1. The molecule has 5 nitrogen and oxygen atoms in total. The van der Waals surface area contributed by atoms with E-state index in [-0.39, 0.29) is 29.6 Å². The molecule has 9 heteroatoms. The number of amides is 1. The first-order valence-electron chi connectivity index (χ1n) is 8.78. The van der Waals surface area contributed by atoms with Gasteiger partial charge in [-0.05, 0) is 36.5 Å². The molecule has 29 heavy (non-hydrogen) atoms. The van der Waals surface area contributed by atoms with Crippen LogP contribution in [0.15, 0.2) is 59.3 Å². The van der Waals surface area contributed by atoms with Crippen molar-refractivity contribution in [2.45, 2.75) is 37.9 Å². The fraction of sp³-hybridized carbons (Fsp3) is 0.300. The number of alkyl halides is 4. The standard InChI is InChI=1S/C20H17F4NO4/c21-19(29-20(22,23)24)11-13(12-5-2-1-3-6-12)9-10-16(19)25-17(26)14-7-4-8-15(14)18(27)28/h1-3,5-6,9-10H,4,7-8,11H2,(H,25,26)(H,27,28). The van der Waals surface area contributed by atoms with Crippen LogP contribution < -0.4 is 5.32 Å². The van der Waals surface area contributed by atoms with E-state index in [0.29, 0.717) is 12.0 Å². The summed E-state index contributed by atoms with van der Waals surface area (Å²) < 4.78 is 57.8. The number of aliphatic carboxylic acids is 1. The van der Waals surface area contributed by atoms with E-state index in [1.807, 2.05) is 0 Å². The van der Waals surface area contributed by atoms with E-state index in [4.69, 9.17) is 5.11 Å². The van der Waals surface area contributed by atoms with Gasteiger partial charge in [0.05, 0.1) is 5.70 Å². The lowest BCUT2D eigenvalue weighted by molar-refractivity contribution is -0.383. The number of hydrogen-bond donors (Lipinski definition) is 2. The van der Waals surface area contributed by atoms with Gasteiger partial charge in [-0.15, -0.1) is 13.2 Å². The van der Waals surface area contributed by atoms with Crippen molar-refractivity contribution in [3.8, 4) is 0 Å². The summed E-state index contributed by atoms with van der Waals surface area (Å²) in [6.45, 7) is 0. The predicted molar refractivity (Wildman–Crippen MR) is 94.8 cm³/mol. The summed E-state index contributed by atoms with van der Waals surface area (Å²) in [6, 6.07) is 8.24. The summed E-state index contributed by atoms with van der Waals surface area (Å²) in [5, 5.41) is 11.2. The Labute approximate surface area is 163 Å². The van der Waals surface area contributed by atoms with Crippen LogP contribution in [0.1, 0.15) is 31.2 Å². The lowest BCUT2D eigenvalue weighted by Crippen LogP contribution is -2.44. The number of rotatable bonds is 5. The van der Waals surface area contributed by atoms with Crippen molar-refractivity contribution in [2.75, 3.05) is 0 Å². The van der Waals surface area contributed by atoms with Crippen molar-refractivity contribution in [1.82, 2.24) is 5.32 Å². The van der Waals surface area contributed by atoms with Crippen LogP contribution >= 0.6 is 0 Å². The van der Waals surface area contributed by atoms with Gasteiger partial charge in [0.1, 0.15) is 0 Å². The van der Waals surface area contributed by atoms with Crippen molar-refractivity contribution in [1.29, 1.82) is 0 Å².